The van der Waals surface area contributed by atoms with Crippen LogP contribution in [0.3, 0.4) is 0 Å². The third kappa shape index (κ3) is 4.99. The molecule has 0 saturated carbocycles. The van der Waals surface area contributed by atoms with Crippen LogP contribution in [0, 0.1) is 0 Å². The van der Waals surface area contributed by atoms with Gasteiger partial charge in [-0.05, 0) is 12.8 Å². The van der Waals surface area contributed by atoms with Crippen LogP contribution >= 0.6 is 0 Å². The Bertz CT molecular complexity index is 182. The molecule has 0 bridgehead atoms. The number of amides is 2. The number of nitrogens with one attached hydrogen (secondary N) is 1. The molecular weight excluding hydrogens is 196 g/mol. The molecule has 1 saturated heterocycles. The summed E-state index contributed by atoms with van der Waals surface area (Å²) in [6, 6.07) is 0.0238. The lowest BCUT2D eigenvalue weighted by molar-refractivity contribution is 0.0532. The third-order valence-electron chi connectivity index (χ3n) is 2.35. The molecule has 1 heterocycles. The fraction of sp³-hybridized carbons (Fsp3) is 0.900. The fourth-order valence-corrected chi connectivity index (χ4v) is 1.44. The highest BCUT2D eigenvalue weighted by Gasteiger charge is 2.15. The number of unbranched alkanes of at least 4 members (excludes halogenated alkanes) is 1. The Hall–Kier alpha value is -0.810. The van der Waals surface area contributed by atoms with Gasteiger partial charge in [0.1, 0.15) is 0 Å². The largest absolute Gasteiger partial charge is 0.385 e. The van der Waals surface area contributed by atoms with E-state index in [0.29, 0.717) is 26.3 Å². The van der Waals surface area contributed by atoms with Crippen molar-refractivity contribution in [2.45, 2.75) is 12.8 Å². The van der Waals surface area contributed by atoms with Gasteiger partial charge in [0.2, 0.25) is 0 Å². The van der Waals surface area contributed by atoms with E-state index in [9.17, 15) is 4.79 Å². The zero-order valence-electron chi connectivity index (χ0n) is 9.33. The summed E-state index contributed by atoms with van der Waals surface area (Å²) in [5, 5.41) is 2.89. The number of methoxy groups -OCH3 is 1. The number of nitrogens with zero attached hydrogens (tertiary/aromatic N) is 1. The zero-order chi connectivity index (χ0) is 10.9. The average molecular weight is 216 g/mol. The van der Waals surface area contributed by atoms with Gasteiger partial charge < -0.3 is 19.7 Å². The summed E-state index contributed by atoms with van der Waals surface area (Å²) >= 11 is 0. The van der Waals surface area contributed by atoms with Crippen LogP contribution in [0.15, 0.2) is 0 Å². The molecule has 5 nitrogen and oxygen atoms in total. The van der Waals surface area contributed by atoms with E-state index in [1.54, 1.807) is 12.0 Å². The molecule has 1 aliphatic heterocycles. The quantitative estimate of drug-likeness (QED) is 0.679. The Morgan fingerprint density at radius 1 is 1.40 bits per heavy atom. The molecule has 0 aromatic carbocycles. The molecular formula is C10H20N2O3. The molecule has 0 aliphatic carbocycles. The van der Waals surface area contributed by atoms with Crippen molar-refractivity contribution < 1.29 is 14.3 Å². The predicted octanol–water partition coefficient (Wildman–Crippen LogP) is 0.455. The van der Waals surface area contributed by atoms with E-state index in [0.717, 1.165) is 26.0 Å². The molecule has 1 fully saturated rings. The highest BCUT2D eigenvalue weighted by atomic mass is 16.5. The minimum Gasteiger partial charge on any atom is -0.385 e. The molecule has 0 aromatic rings. The number of carbonyl (C=O) groups excluding carboxylic acids is 1. The van der Waals surface area contributed by atoms with Crippen molar-refractivity contribution in [3.05, 3.63) is 0 Å². The average Bonchev–Trinajstić information content (AvgIpc) is 2.30. The van der Waals surface area contributed by atoms with Gasteiger partial charge in [-0.2, -0.15) is 0 Å². The monoisotopic (exact) mass is 216 g/mol. The van der Waals surface area contributed by atoms with Gasteiger partial charge in [-0.1, -0.05) is 0 Å². The lowest BCUT2D eigenvalue weighted by Crippen LogP contribution is -2.46. The van der Waals surface area contributed by atoms with Gasteiger partial charge in [-0.25, -0.2) is 4.79 Å². The lowest BCUT2D eigenvalue weighted by atomic mass is 10.3. The topological polar surface area (TPSA) is 50.8 Å². The molecule has 5 heteroatoms. The zero-order valence-corrected chi connectivity index (χ0v) is 9.33. The number of hydrogen-bond acceptors (Lipinski definition) is 3. The van der Waals surface area contributed by atoms with Gasteiger partial charge in [0.15, 0.2) is 0 Å². The maximum Gasteiger partial charge on any atom is 0.317 e. The SMILES string of the molecule is COCCCCNC(=O)N1CCOCC1. The van der Waals surface area contributed by atoms with Crippen molar-refractivity contribution >= 4 is 6.03 Å². The molecule has 0 unspecified atom stereocenters. The van der Waals surface area contributed by atoms with E-state index in [2.05, 4.69) is 5.32 Å². The second-order valence-electron chi connectivity index (χ2n) is 3.53. The highest BCUT2D eigenvalue weighted by Crippen LogP contribution is 1.97. The van der Waals surface area contributed by atoms with Crippen molar-refractivity contribution in [1.29, 1.82) is 0 Å². The molecule has 0 spiro atoms. The summed E-state index contributed by atoms with van der Waals surface area (Å²) in [6.07, 6.45) is 1.95. The Kier molecular flexibility index (Phi) is 6.11. The first-order chi connectivity index (χ1) is 7.34. The van der Waals surface area contributed by atoms with E-state index < -0.39 is 0 Å². The van der Waals surface area contributed by atoms with Crippen molar-refractivity contribution in [3.63, 3.8) is 0 Å². The summed E-state index contributed by atoms with van der Waals surface area (Å²) in [4.78, 5) is 13.4. The summed E-state index contributed by atoms with van der Waals surface area (Å²) < 4.78 is 10.1. The molecule has 2 amide bonds. The first-order valence-electron chi connectivity index (χ1n) is 5.44. The van der Waals surface area contributed by atoms with Crippen LogP contribution < -0.4 is 5.32 Å². The van der Waals surface area contributed by atoms with Crippen LogP contribution in [0.1, 0.15) is 12.8 Å². The Morgan fingerprint density at radius 2 is 2.13 bits per heavy atom. The molecule has 1 N–H and O–H groups in total. The van der Waals surface area contributed by atoms with Crippen LogP contribution in [0.4, 0.5) is 4.79 Å². The minimum absolute atomic E-state index is 0.0238. The number of rotatable bonds is 5. The predicted molar refractivity (Wildman–Crippen MR) is 56.9 cm³/mol. The van der Waals surface area contributed by atoms with Crippen molar-refractivity contribution in [2.75, 3.05) is 46.6 Å². The van der Waals surface area contributed by atoms with Crippen LogP contribution in [-0.4, -0.2) is 57.5 Å². The molecule has 0 aromatic heterocycles. The highest BCUT2D eigenvalue weighted by molar-refractivity contribution is 5.74. The van der Waals surface area contributed by atoms with Crippen LogP contribution in [-0.2, 0) is 9.47 Å². The van der Waals surface area contributed by atoms with Crippen molar-refractivity contribution in [3.8, 4) is 0 Å². The summed E-state index contributed by atoms with van der Waals surface area (Å²) in [7, 11) is 1.69. The molecule has 88 valence electrons. The lowest BCUT2D eigenvalue weighted by Gasteiger charge is -2.26. The Balaban J connectivity index is 2.02. The number of carbonyl (C=O) groups is 1. The Labute approximate surface area is 90.7 Å². The van der Waals surface area contributed by atoms with E-state index in [4.69, 9.17) is 9.47 Å². The van der Waals surface area contributed by atoms with Gasteiger partial charge in [0.05, 0.1) is 13.2 Å². The molecule has 1 rings (SSSR count). The third-order valence-corrected chi connectivity index (χ3v) is 2.35. The minimum atomic E-state index is 0.0238. The van der Waals surface area contributed by atoms with Crippen molar-refractivity contribution in [2.24, 2.45) is 0 Å². The summed E-state index contributed by atoms with van der Waals surface area (Å²) in [5.41, 5.74) is 0. The summed E-state index contributed by atoms with van der Waals surface area (Å²) in [5.74, 6) is 0. The second kappa shape index (κ2) is 7.48. The van der Waals surface area contributed by atoms with Gasteiger partial charge in [0.25, 0.3) is 0 Å². The summed E-state index contributed by atoms with van der Waals surface area (Å²) in [6.45, 7) is 4.18. The van der Waals surface area contributed by atoms with E-state index in [1.165, 1.54) is 0 Å². The van der Waals surface area contributed by atoms with Crippen LogP contribution in [0.2, 0.25) is 0 Å². The van der Waals surface area contributed by atoms with Gasteiger partial charge in [0, 0.05) is 33.4 Å². The maximum absolute atomic E-state index is 11.6. The molecule has 0 radical (unpaired) electrons. The first kappa shape index (κ1) is 12.3. The van der Waals surface area contributed by atoms with Gasteiger partial charge in [-0.3, -0.25) is 0 Å². The van der Waals surface area contributed by atoms with Crippen LogP contribution in [0.5, 0.6) is 0 Å². The van der Waals surface area contributed by atoms with E-state index >= 15 is 0 Å². The van der Waals surface area contributed by atoms with Gasteiger partial charge >= 0.3 is 6.03 Å². The second-order valence-corrected chi connectivity index (χ2v) is 3.53. The van der Waals surface area contributed by atoms with Gasteiger partial charge in [-0.15, -0.1) is 0 Å². The van der Waals surface area contributed by atoms with E-state index in [-0.39, 0.29) is 6.03 Å². The van der Waals surface area contributed by atoms with Crippen molar-refractivity contribution in [1.82, 2.24) is 10.2 Å². The number of urea groups is 1. The fourth-order valence-electron chi connectivity index (χ4n) is 1.44. The number of hydrogen-bond donors (Lipinski definition) is 1. The molecule has 1 aliphatic rings. The maximum atomic E-state index is 11.6. The normalized spacial score (nSPS) is 16.5. The number of ether oxygens (including phenoxy) is 2. The number of morpholine rings is 1. The van der Waals surface area contributed by atoms with E-state index in [1.807, 2.05) is 0 Å². The molecule has 15 heavy (non-hydrogen) atoms. The smallest absolute Gasteiger partial charge is 0.317 e. The van der Waals surface area contributed by atoms with Crippen LogP contribution in [0.25, 0.3) is 0 Å². The standard InChI is InChI=1S/C10H20N2O3/c1-14-7-3-2-4-11-10(13)12-5-8-15-9-6-12/h2-9H2,1H3,(H,11,13). The first-order valence-corrected chi connectivity index (χ1v) is 5.44. The molecule has 0 atom stereocenters. The Morgan fingerprint density at radius 3 is 2.80 bits per heavy atom.